The molecule has 1 heterocycles. The average molecular weight is 231 g/mol. The first kappa shape index (κ1) is 10.5. The van der Waals surface area contributed by atoms with Crippen LogP contribution in [0.15, 0.2) is 11.4 Å². The van der Waals surface area contributed by atoms with E-state index in [2.05, 4.69) is 6.92 Å². The predicted molar refractivity (Wildman–Crippen MR) is 60.9 cm³/mol. The first-order chi connectivity index (χ1) is 6.62. The molecule has 0 atom stereocenters. The van der Waals surface area contributed by atoms with Crippen LogP contribution in [0.4, 0.5) is 0 Å². The Kier molecular flexibility index (Phi) is 2.87. The SMILES string of the molecule is CC1CCC(O)(c2sccc2Cl)CC1. The molecular formula is C11H15ClOS. The van der Waals surface area contributed by atoms with Crippen LogP contribution in [0, 0.1) is 5.92 Å². The normalized spacial score (nSPS) is 33.2. The Labute approximate surface area is 93.7 Å². The molecule has 0 bridgehead atoms. The van der Waals surface area contributed by atoms with Crippen molar-refractivity contribution in [3.63, 3.8) is 0 Å². The highest BCUT2D eigenvalue weighted by Gasteiger charge is 2.35. The third kappa shape index (κ3) is 1.83. The van der Waals surface area contributed by atoms with E-state index in [1.807, 2.05) is 11.4 Å². The quantitative estimate of drug-likeness (QED) is 0.778. The lowest BCUT2D eigenvalue weighted by Gasteiger charge is -2.34. The third-order valence-electron chi connectivity index (χ3n) is 3.14. The standard InChI is InChI=1S/C11H15ClOS/c1-8-2-5-11(13,6-3-8)10-9(12)4-7-14-10/h4,7-8,13H,2-3,5-6H2,1H3. The van der Waals surface area contributed by atoms with E-state index in [9.17, 15) is 5.11 Å². The average Bonchev–Trinajstić information content (AvgIpc) is 2.58. The summed E-state index contributed by atoms with van der Waals surface area (Å²) in [6.07, 6.45) is 3.91. The summed E-state index contributed by atoms with van der Waals surface area (Å²) >= 11 is 7.62. The molecule has 1 fully saturated rings. The minimum absolute atomic E-state index is 0.641. The molecule has 14 heavy (non-hydrogen) atoms. The lowest BCUT2D eigenvalue weighted by atomic mass is 9.79. The van der Waals surface area contributed by atoms with E-state index in [4.69, 9.17) is 11.6 Å². The molecule has 0 radical (unpaired) electrons. The fraction of sp³-hybridized carbons (Fsp3) is 0.636. The van der Waals surface area contributed by atoms with Crippen LogP contribution in [0.1, 0.15) is 37.5 Å². The van der Waals surface area contributed by atoms with Crippen LogP contribution in [0.5, 0.6) is 0 Å². The van der Waals surface area contributed by atoms with Crippen LogP contribution in [-0.4, -0.2) is 5.11 Å². The largest absolute Gasteiger partial charge is 0.384 e. The molecule has 0 aromatic carbocycles. The minimum Gasteiger partial charge on any atom is -0.384 e. The summed E-state index contributed by atoms with van der Waals surface area (Å²) in [7, 11) is 0. The Bertz CT molecular complexity index is 313. The Hall–Kier alpha value is -0.0500. The second-order valence-electron chi connectivity index (χ2n) is 4.31. The van der Waals surface area contributed by atoms with E-state index in [-0.39, 0.29) is 0 Å². The topological polar surface area (TPSA) is 20.2 Å². The number of thiophene rings is 1. The monoisotopic (exact) mass is 230 g/mol. The van der Waals surface area contributed by atoms with Gasteiger partial charge in [-0.15, -0.1) is 11.3 Å². The minimum atomic E-state index is -0.641. The lowest BCUT2D eigenvalue weighted by molar-refractivity contribution is -0.00859. The van der Waals surface area contributed by atoms with Gasteiger partial charge in [0.05, 0.1) is 9.90 Å². The molecule has 0 unspecified atom stereocenters. The van der Waals surface area contributed by atoms with Crippen molar-refractivity contribution >= 4 is 22.9 Å². The summed E-state index contributed by atoms with van der Waals surface area (Å²) in [5.41, 5.74) is -0.641. The van der Waals surface area contributed by atoms with E-state index >= 15 is 0 Å². The molecule has 78 valence electrons. The highest BCUT2D eigenvalue weighted by atomic mass is 35.5. The fourth-order valence-corrected chi connectivity index (χ4v) is 3.48. The Balaban J connectivity index is 2.21. The van der Waals surface area contributed by atoms with E-state index in [0.29, 0.717) is 0 Å². The maximum atomic E-state index is 10.5. The van der Waals surface area contributed by atoms with Crippen molar-refractivity contribution in [2.75, 3.05) is 0 Å². The number of rotatable bonds is 1. The fourth-order valence-electron chi connectivity index (χ4n) is 2.09. The van der Waals surface area contributed by atoms with E-state index < -0.39 is 5.60 Å². The van der Waals surface area contributed by atoms with Crippen LogP contribution >= 0.6 is 22.9 Å². The second kappa shape index (κ2) is 3.84. The van der Waals surface area contributed by atoms with Crippen molar-refractivity contribution in [2.24, 2.45) is 5.92 Å². The maximum absolute atomic E-state index is 10.5. The number of aliphatic hydroxyl groups is 1. The summed E-state index contributed by atoms with van der Waals surface area (Å²) in [6.45, 7) is 2.25. The van der Waals surface area contributed by atoms with E-state index in [1.165, 1.54) is 0 Å². The Morgan fingerprint density at radius 1 is 1.50 bits per heavy atom. The molecular weight excluding hydrogens is 216 g/mol. The van der Waals surface area contributed by atoms with Gasteiger partial charge in [0.1, 0.15) is 5.60 Å². The summed E-state index contributed by atoms with van der Waals surface area (Å²) in [5, 5.41) is 13.1. The summed E-state index contributed by atoms with van der Waals surface area (Å²) in [5.74, 6) is 0.744. The van der Waals surface area contributed by atoms with E-state index in [0.717, 1.165) is 41.5 Å². The molecule has 1 aromatic heterocycles. The van der Waals surface area contributed by atoms with Crippen molar-refractivity contribution in [1.29, 1.82) is 0 Å². The Morgan fingerprint density at radius 3 is 2.64 bits per heavy atom. The molecule has 1 saturated carbocycles. The van der Waals surface area contributed by atoms with Gasteiger partial charge in [0, 0.05) is 0 Å². The van der Waals surface area contributed by atoms with Gasteiger partial charge in [0.2, 0.25) is 0 Å². The Morgan fingerprint density at radius 2 is 2.14 bits per heavy atom. The van der Waals surface area contributed by atoms with Gasteiger partial charge in [-0.2, -0.15) is 0 Å². The van der Waals surface area contributed by atoms with Crippen LogP contribution in [0.25, 0.3) is 0 Å². The zero-order valence-electron chi connectivity index (χ0n) is 8.29. The molecule has 1 nitrogen and oxygen atoms in total. The highest BCUT2D eigenvalue weighted by molar-refractivity contribution is 7.10. The highest BCUT2D eigenvalue weighted by Crippen LogP contribution is 2.44. The van der Waals surface area contributed by atoms with Crippen molar-refractivity contribution in [1.82, 2.24) is 0 Å². The van der Waals surface area contributed by atoms with Gasteiger partial charge >= 0.3 is 0 Å². The molecule has 1 aromatic rings. The molecule has 2 rings (SSSR count). The number of hydrogen-bond donors (Lipinski definition) is 1. The maximum Gasteiger partial charge on any atom is 0.100 e. The van der Waals surface area contributed by atoms with Crippen LogP contribution in [-0.2, 0) is 5.60 Å². The molecule has 0 spiro atoms. The van der Waals surface area contributed by atoms with Gasteiger partial charge in [0.15, 0.2) is 0 Å². The van der Waals surface area contributed by atoms with Gasteiger partial charge in [-0.3, -0.25) is 0 Å². The molecule has 0 saturated heterocycles. The van der Waals surface area contributed by atoms with Crippen LogP contribution < -0.4 is 0 Å². The van der Waals surface area contributed by atoms with E-state index in [1.54, 1.807) is 11.3 Å². The van der Waals surface area contributed by atoms with Crippen LogP contribution in [0.3, 0.4) is 0 Å². The number of hydrogen-bond acceptors (Lipinski definition) is 2. The first-order valence-corrected chi connectivity index (χ1v) is 6.33. The van der Waals surface area contributed by atoms with Gasteiger partial charge in [-0.05, 0) is 43.0 Å². The van der Waals surface area contributed by atoms with Gasteiger partial charge in [-0.1, -0.05) is 18.5 Å². The molecule has 1 N–H and O–H groups in total. The van der Waals surface area contributed by atoms with Crippen molar-refractivity contribution in [2.45, 2.75) is 38.2 Å². The molecule has 1 aliphatic rings. The third-order valence-corrected chi connectivity index (χ3v) is 4.68. The summed E-state index contributed by atoms with van der Waals surface area (Å²) in [6, 6.07) is 1.87. The molecule has 1 aliphatic carbocycles. The smallest absolute Gasteiger partial charge is 0.100 e. The first-order valence-electron chi connectivity index (χ1n) is 5.08. The summed E-state index contributed by atoms with van der Waals surface area (Å²) in [4.78, 5) is 0.964. The van der Waals surface area contributed by atoms with Gasteiger partial charge in [-0.25, -0.2) is 0 Å². The number of halogens is 1. The second-order valence-corrected chi connectivity index (χ2v) is 5.64. The van der Waals surface area contributed by atoms with Crippen LogP contribution in [0.2, 0.25) is 5.02 Å². The molecule has 0 aliphatic heterocycles. The zero-order chi connectivity index (χ0) is 10.2. The zero-order valence-corrected chi connectivity index (χ0v) is 9.87. The lowest BCUT2D eigenvalue weighted by Crippen LogP contribution is -2.30. The van der Waals surface area contributed by atoms with Gasteiger partial charge < -0.3 is 5.11 Å². The predicted octanol–water partition coefficient (Wildman–Crippen LogP) is 3.80. The van der Waals surface area contributed by atoms with Crippen molar-refractivity contribution < 1.29 is 5.11 Å². The van der Waals surface area contributed by atoms with Crippen molar-refractivity contribution in [3.8, 4) is 0 Å². The molecule has 0 amide bonds. The van der Waals surface area contributed by atoms with Crippen molar-refractivity contribution in [3.05, 3.63) is 21.3 Å². The summed E-state index contributed by atoms with van der Waals surface area (Å²) < 4.78 is 0. The van der Waals surface area contributed by atoms with Gasteiger partial charge in [0.25, 0.3) is 0 Å². The molecule has 3 heteroatoms.